The van der Waals surface area contributed by atoms with Crippen molar-refractivity contribution in [3.05, 3.63) is 22.7 Å². The quantitative estimate of drug-likeness (QED) is 0.430. The van der Waals surface area contributed by atoms with Crippen molar-refractivity contribution >= 4 is 21.9 Å². The summed E-state index contributed by atoms with van der Waals surface area (Å²) in [5.74, 6) is 2.11. The van der Waals surface area contributed by atoms with E-state index in [0.29, 0.717) is 16.9 Å². The molecule has 3 rings (SSSR count). The van der Waals surface area contributed by atoms with Crippen LogP contribution in [0.25, 0.3) is 0 Å². The maximum Gasteiger partial charge on any atom is 0.334 e. The number of esters is 1. The van der Waals surface area contributed by atoms with Crippen molar-refractivity contribution in [3.8, 4) is 0 Å². The highest BCUT2D eigenvalue weighted by Crippen LogP contribution is 2.60. The van der Waals surface area contributed by atoms with Crippen LogP contribution < -0.4 is 0 Å². The van der Waals surface area contributed by atoms with Gasteiger partial charge in [0.1, 0.15) is 6.10 Å². The second kappa shape index (κ2) is 6.97. The summed E-state index contributed by atoms with van der Waals surface area (Å²) in [7, 11) is 0. The molecule has 1 heterocycles. The van der Waals surface area contributed by atoms with Crippen molar-refractivity contribution in [2.45, 2.75) is 71.8 Å². The standard InChI is InChI=1S/C21H31BrO2/c1-5-16-14(3)20(23)24-19(16)11-13(2)17-8-9-18-15(12-22)7-6-10-21(17,18)4/h12-13,16-19H,3,5-11H2,1-2,4H3/b15-12+/t13-,16-,17-,18+,19-,21-/m1/s1. The number of cyclic esters (lactones) is 1. The summed E-state index contributed by atoms with van der Waals surface area (Å²) in [6.07, 6.45) is 8.51. The Labute approximate surface area is 155 Å². The van der Waals surface area contributed by atoms with Crippen molar-refractivity contribution < 1.29 is 9.53 Å². The Bertz CT molecular complexity index is 552. The third kappa shape index (κ3) is 2.91. The zero-order valence-corrected chi connectivity index (χ0v) is 16.9. The van der Waals surface area contributed by atoms with Crippen molar-refractivity contribution in [1.82, 2.24) is 0 Å². The van der Waals surface area contributed by atoms with Gasteiger partial charge in [-0.25, -0.2) is 4.79 Å². The maximum absolute atomic E-state index is 11.9. The molecule has 3 heteroatoms. The van der Waals surface area contributed by atoms with Crippen molar-refractivity contribution in [1.29, 1.82) is 0 Å². The van der Waals surface area contributed by atoms with Gasteiger partial charge >= 0.3 is 5.97 Å². The summed E-state index contributed by atoms with van der Waals surface area (Å²) < 4.78 is 5.66. The van der Waals surface area contributed by atoms with Gasteiger partial charge in [0.15, 0.2) is 0 Å². The number of halogens is 1. The van der Waals surface area contributed by atoms with E-state index < -0.39 is 0 Å². The van der Waals surface area contributed by atoms with E-state index in [1.54, 1.807) is 5.57 Å². The summed E-state index contributed by atoms with van der Waals surface area (Å²) in [6, 6.07) is 0. The molecule has 134 valence electrons. The lowest BCUT2D eigenvalue weighted by Gasteiger charge is -2.44. The van der Waals surface area contributed by atoms with E-state index in [1.807, 2.05) is 0 Å². The monoisotopic (exact) mass is 394 g/mol. The molecule has 0 amide bonds. The molecule has 0 radical (unpaired) electrons. The van der Waals surface area contributed by atoms with E-state index in [0.717, 1.165) is 24.7 Å². The molecule has 0 aromatic carbocycles. The Hall–Kier alpha value is -0.570. The number of ether oxygens (including phenoxy) is 1. The van der Waals surface area contributed by atoms with E-state index in [-0.39, 0.29) is 18.0 Å². The van der Waals surface area contributed by atoms with Gasteiger partial charge in [0, 0.05) is 11.5 Å². The summed E-state index contributed by atoms with van der Waals surface area (Å²) in [4.78, 5) is 14.1. The number of carbonyl (C=O) groups is 1. The lowest BCUT2D eigenvalue weighted by molar-refractivity contribution is -0.140. The fourth-order valence-corrected chi connectivity index (χ4v) is 6.62. The Balaban J connectivity index is 1.73. The predicted molar refractivity (Wildman–Crippen MR) is 102 cm³/mol. The Morgan fingerprint density at radius 1 is 1.46 bits per heavy atom. The molecule has 2 saturated carbocycles. The predicted octanol–water partition coefficient (Wildman–Crippen LogP) is 6.02. The lowest BCUT2D eigenvalue weighted by atomic mass is 9.61. The van der Waals surface area contributed by atoms with Crippen LogP contribution in [-0.2, 0) is 9.53 Å². The minimum Gasteiger partial charge on any atom is -0.458 e. The minimum atomic E-state index is -0.170. The van der Waals surface area contributed by atoms with Crippen LogP contribution in [0.4, 0.5) is 0 Å². The Morgan fingerprint density at radius 2 is 2.21 bits per heavy atom. The summed E-state index contributed by atoms with van der Waals surface area (Å²) >= 11 is 3.60. The van der Waals surface area contributed by atoms with Crippen LogP contribution in [0.1, 0.15) is 65.7 Å². The van der Waals surface area contributed by atoms with Gasteiger partial charge in [-0.3, -0.25) is 0 Å². The van der Waals surface area contributed by atoms with Gasteiger partial charge in [-0.1, -0.05) is 48.9 Å². The smallest absolute Gasteiger partial charge is 0.334 e. The summed E-state index contributed by atoms with van der Waals surface area (Å²) in [6.45, 7) is 11.0. The highest BCUT2D eigenvalue weighted by molar-refractivity contribution is 9.11. The van der Waals surface area contributed by atoms with Crippen molar-refractivity contribution in [3.63, 3.8) is 0 Å². The molecule has 2 nitrogen and oxygen atoms in total. The largest absolute Gasteiger partial charge is 0.458 e. The Morgan fingerprint density at radius 3 is 2.88 bits per heavy atom. The third-order valence-electron chi connectivity index (χ3n) is 7.33. The van der Waals surface area contributed by atoms with Crippen LogP contribution in [-0.4, -0.2) is 12.1 Å². The number of allylic oxidation sites excluding steroid dienone is 1. The van der Waals surface area contributed by atoms with E-state index >= 15 is 0 Å². The van der Waals surface area contributed by atoms with Gasteiger partial charge < -0.3 is 4.74 Å². The van der Waals surface area contributed by atoms with Crippen LogP contribution in [0.3, 0.4) is 0 Å². The zero-order valence-electron chi connectivity index (χ0n) is 15.3. The van der Waals surface area contributed by atoms with Gasteiger partial charge in [0.2, 0.25) is 0 Å². The number of rotatable bonds is 4. The summed E-state index contributed by atoms with van der Waals surface area (Å²) in [5, 5.41) is 0. The Kier molecular flexibility index (Phi) is 5.30. The third-order valence-corrected chi connectivity index (χ3v) is 7.91. The highest BCUT2D eigenvalue weighted by Gasteiger charge is 2.51. The zero-order chi connectivity index (χ0) is 17.5. The van der Waals surface area contributed by atoms with E-state index in [9.17, 15) is 4.79 Å². The molecule has 0 unspecified atom stereocenters. The average Bonchev–Trinajstić information content (AvgIpc) is 3.04. The van der Waals surface area contributed by atoms with Gasteiger partial charge in [-0.15, -0.1) is 0 Å². The molecule has 0 spiro atoms. The molecule has 0 aromatic heterocycles. The van der Waals surface area contributed by atoms with E-state index in [1.165, 1.54) is 32.1 Å². The molecule has 1 aliphatic heterocycles. The molecular weight excluding hydrogens is 364 g/mol. The van der Waals surface area contributed by atoms with Crippen LogP contribution in [0.5, 0.6) is 0 Å². The molecule has 1 saturated heterocycles. The second-order valence-electron chi connectivity index (χ2n) is 8.48. The molecule has 3 aliphatic rings. The fraction of sp³-hybridized carbons (Fsp3) is 0.762. The van der Waals surface area contributed by atoms with Gasteiger partial charge in [0.05, 0.1) is 0 Å². The highest BCUT2D eigenvalue weighted by atomic mass is 79.9. The van der Waals surface area contributed by atoms with E-state index in [4.69, 9.17) is 4.74 Å². The van der Waals surface area contributed by atoms with Gasteiger partial charge in [0.25, 0.3) is 0 Å². The SMILES string of the molecule is C=C1C(=O)O[C@H](C[C@@H](C)[C@H]2CC[C@H]3/C(=C/Br)CCC[C@]23C)[C@@H]1CC. The molecule has 0 N–H and O–H groups in total. The van der Waals surface area contributed by atoms with E-state index in [2.05, 4.69) is 48.3 Å². The topological polar surface area (TPSA) is 26.3 Å². The second-order valence-corrected chi connectivity index (χ2v) is 8.93. The first-order chi connectivity index (χ1) is 11.4. The first kappa shape index (κ1) is 18.2. The minimum absolute atomic E-state index is 0.0439. The van der Waals surface area contributed by atoms with Crippen molar-refractivity contribution in [2.24, 2.45) is 29.1 Å². The first-order valence-corrected chi connectivity index (χ1v) is 10.5. The van der Waals surface area contributed by atoms with Crippen LogP contribution >= 0.6 is 15.9 Å². The fourth-order valence-electron chi connectivity index (χ4n) is 6.07. The molecule has 3 fully saturated rings. The van der Waals surface area contributed by atoms with Crippen LogP contribution in [0, 0.1) is 29.1 Å². The van der Waals surface area contributed by atoms with Gasteiger partial charge in [-0.05, 0) is 73.1 Å². The van der Waals surface area contributed by atoms with Crippen LogP contribution in [0.2, 0.25) is 0 Å². The molecular formula is C21H31BrO2. The first-order valence-electron chi connectivity index (χ1n) is 9.61. The number of hydrogen-bond donors (Lipinski definition) is 0. The molecule has 0 bridgehead atoms. The molecule has 0 aromatic rings. The molecule has 24 heavy (non-hydrogen) atoms. The maximum atomic E-state index is 11.9. The van der Waals surface area contributed by atoms with Gasteiger partial charge in [-0.2, -0.15) is 0 Å². The van der Waals surface area contributed by atoms with Crippen molar-refractivity contribution in [2.75, 3.05) is 0 Å². The molecule has 6 atom stereocenters. The normalized spacial score (nSPS) is 42.2. The lowest BCUT2D eigenvalue weighted by Crippen LogP contribution is -2.37. The number of hydrogen-bond acceptors (Lipinski definition) is 2. The average molecular weight is 395 g/mol. The van der Waals surface area contributed by atoms with Crippen LogP contribution in [0.15, 0.2) is 22.7 Å². The number of carbonyl (C=O) groups excluding carboxylic acids is 1. The molecule has 2 aliphatic carbocycles. The number of fused-ring (bicyclic) bond motifs is 1. The summed E-state index contributed by atoms with van der Waals surface area (Å²) in [5.41, 5.74) is 2.72.